The first-order chi connectivity index (χ1) is 12.7. The Morgan fingerprint density at radius 3 is 2.50 bits per heavy atom. The van der Waals surface area contributed by atoms with Crippen molar-refractivity contribution in [3.05, 3.63) is 101 Å². The largest absolute Gasteiger partial charge is 0.489 e. The molecule has 0 fully saturated rings. The van der Waals surface area contributed by atoms with Crippen LogP contribution in [0, 0.1) is 5.82 Å². The normalized spacial score (nSPS) is 11.9. The standard InChI is InChI=1S/C22H22FNO2/c23-21-12-5-4-10-19(21)16-26-20-11-6-7-17(13-20)14-24-15-22(25)18-8-2-1-3-9-18/h1-13,22,24-25H,14-16H2/t22-/m0/s1. The molecule has 0 aromatic heterocycles. The third-order valence-electron chi connectivity index (χ3n) is 4.10. The molecule has 0 aliphatic carbocycles. The Kier molecular flexibility index (Phi) is 6.36. The summed E-state index contributed by atoms with van der Waals surface area (Å²) in [5, 5.41) is 13.4. The molecule has 0 spiro atoms. The lowest BCUT2D eigenvalue weighted by Crippen LogP contribution is -2.21. The van der Waals surface area contributed by atoms with Gasteiger partial charge in [0.05, 0.1) is 6.10 Å². The molecule has 0 radical (unpaired) electrons. The van der Waals surface area contributed by atoms with E-state index < -0.39 is 6.10 Å². The minimum absolute atomic E-state index is 0.191. The van der Waals surface area contributed by atoms with Gasteiger partial charge in [0.25, 0.3) is 0 Å². The van der Waals surface area contributed by atoms with Crippen LogP contribution in [-0.4, -0.2) is 11.7 Å². The van der Waals surface area contributed by atoms with E-state index >= 15 is 0 Å². The van der Waals surface area contributed by atoms with Crippen molar-refractivity contribution >= 4 is 0 Å². The summed E-state index contributed by atoms with van der Waals surface area (Å²) in [6.07, 6.45) is -0.545. The highest BCUT2D eigenvalue weighted by molar-refractivity contribution is 5.29. The van der Waals surface area contributed by atoms with Crippen molar-refractivity contribution < 1.29 is 14.2 Å². The third kappa shape index (κ3) is 5.15. The van der Waals surface area contributed by atoms with Crippen LogP contribution in [0.15, 0.2) is 78.9 Å². The Morgan fingerprint density at radius 1 is 0.923 bits per heavy atom. The van der Waals surface area contributed by atoms with Gasteiger partial charge < -0.3 is 15.2 Å². The van der Waals surface area contributed by atoms with Gasteiger partial charge in [-0.15, -0.1) is 0 Å². The van der Waals surface area contributed by atoms with Crippen molar-refractivity contribution in [2.24, 2.45) is 0 Å². The Labute approximate surface area is 153 Å². The first-order valence-electron chi connectivity index (χ1n) is 8.61. The van der Waals surface area contributed by atoms with E-state index in [4.69, 9.17) is 4.74 Å². The van der Waals surface area contributed by atoms with Gasteiger partial charge in [0.15, 0.2) is 0 Å². The summed E-state index contributed by atoms with van der Waals surface area (Å²) in [6.45, 7) is 1.27. The number of hydrogen-bond donors (Lipinski definition) is 2. The van der Waals surface area contributed by atoms with Crippen LogP contribution in [0.3, 0.4) is 0 Å². The van der Waals surface area contributed by atoms with Crippen molar-refractivity contribution in [2.75, 3.05) is 6.54 Å². The van der Waals surface area contributed by atoms with Crippen LogP contribution in [0.25, 0.3) is 0 Å². The van der Waals surface area contributed by atoms with Crippen LogP contribution in [-0.2, 0) is 13.2 Å². The quantitative estimate of drug-likeness (QED) is 0.638. The highest BCUT2D eigenvalue weighted by Gasteiger charge is 2.06. The summed E-state index contributed by atoms with van der Waals surface area (Å²) in [6, 6.07) is 23.8. The van der Waals surface area contributed by atoms with E-state index in [-0.39, 0.29) is 12.4 Å². The predicted octanol–water partition coefficient (Wildman–Crippen LogP) is 4.23. The maximum Gasteiger partial charge on any atom is 0.129 e. The van der Waals surface area contributed by atoms with Crippen molar-refractivity contribution in [1.82, 2.24) is 5.32 Å². The van der Waals surface area contributed by atoms with Gasteiger partial charge >= 0.3 is 0 Å². The molecule has 0 amide bonds. The second kappa shape index (κ2) is 9.13. The SMILES string of the molecule is O[C@@H](CNCc1cccc(OCc2ccccc2F)c1)c1ccccc1. The summed E-state index contributed by atoms with van der Waals surface area (Å²) < 4.78 is 19.3. The number of halogens is 1. The van der Waals surface area contributed by atoms with Crippen LogP contribution in [0.1, 0.15) is 22.8 Å². The van der Waals surface area contributed by atoms with Gasteiger partial charge in [0, 0.05) is 18.7 Å². The van der Waals surface area contributed by atoms with E-state index in [2.05, 4.69) is 5.32 Å². The number of hydrogen-bond acceptors (Lipinski definition) is 3. The molecule has 3 rings (SSSR count). The average Bonchev–Trinajstić information content (AvgIpc) is 2.68. The molecule has 3 nitrogen and oxygen atoms in total. The van der Waals surface area contributed by atoms with Gasteiger partial charge in [-0.05, 0) is 29.3 Å². The number of rotatable bonds is 8. The van der Waals surface area contributed by atoms with Crippen LogP contribution in [0.2, 0.25) is 0 Å². The predicted molar refractivity (Wildman–Crippen MR) is 100 cm³/mol. The minimum Gasteiger partial charge on any atom is -0.489 e. The van der Waals surface area contributed by atoms with Gasteiger partial charge in [0.1, 0.15) is 18.2 Å². The molecule has 0 saturated heterocycles. The molecule has 2 N–H and O–H groups in total. The molecule has 3 aromatic carbocycles. The zero-order valence-corrected chi connectivity index (χ0v) is 14.4. The van der Waals surface area contributed by atoms with Crippen LogP contribution < -0.4 is 10.1 Å². The van der Waals surface area contributed by atoms with E-state index in [9.17, 15) is 9.50 Å². The van der Waals surface area contributed by atoms with Crippen LogP contribution in [0.5, 0.6) is 5.75 Å². The fourth-order valence-electron chi connectivity index (χ4n) is 2.67. The second-order valence-electron chi connectivity index (χ2n) is 6.08. The Morgan fingerprint density at radius 2 is 1.69 bits per heavy atom. The average molecular weight is 351 g/mol. The number of aliphatic hydroxyl groups is 1. The van der Waals surface area contributed by atoms with Gasteiger partial charge in [-0.3, -0.25) is 0 Å². The summed E-state index contributed by atoms with van der Waals surface area (Å²) in [4.78, 5) is 0. The summed E-state index contributed by atoms with van der Waals surface area (Å²) in [5.41, 5.74) is 2.46. The molecule has 4 heteroatoms. The van der Waals surface area contributed by atoms with Crippen molar-refractivity contribution in [1.29, 1.82) is 0 Å². The second-order valence-corrected chi connectivity index (χ2v) is 6.08. The molecule has 1 atom stereocenters. The Balaban J connectivity index is 1.50. The molecule has 3 aromatic rings. The van der Waals surface area contributed by atoms with Crippen molar-refractivity contribution in [2.45, 2.75) is 19.3 Å². The van der Waals surface area contributed by atoms with Crippen LogP contribution in [0.4, 0.5) is 4.39 Å². The lowest BCUT2D eigenvalue weighted by atomic mass is 10.1. The van der Waals surface area contributed by atoms with Crippen molar-refractivity contribution in [3.63, 3.8) is 0 Å². The van der Waals surface area contributed by atoms with Crippen molar-refractivity contribution in [3.8, 4) is 5.75 Å². The molecular weight excluding hydrogens is 329 g/mol. The highest BCUT2D eigenvalue weighted by atomic mass is 19.1. The number of nitrogens with one attached hydrogen (secondary N) is 1. The first-order valence-corrected chi connectivity index (χ1v) is 8.61. The fourth-order valence-corrected chi connectivity index (χ4v) is 2.67. The monoisotopic (exact) mass is 351 g/mol. The zero-order chi connectivity index (χ0) is 18.2. The molecule has 26 heavy (non-hydrogen) atoms. The third-order valence-corrected chi connectivity index (χ3v) is 4.10. The van der Waals surface area contributed by atoms with Gasteiger partial charge in [-0.25, -0.2) is 4.39 Å². The molecule has 0 aliphatic rings. The highest BCUT2D eigenvalue weighted by Crippen LogP contribution is 2.17. The van der Waals surface area contributed by atoms with E-state index in [1.54, 1.807) is 18.2 Å². The lowest BCUT2D eigenvalue weighted by molar-refractivity contribution is 0.174. The smallest absolute Gasteiger partial charge is 0.129 e. The minimum atomic E-state index is -0.545. The summed E-state index contributed by atoms with van der Waals surface area (Å²) in [5.74, 6) is 0.427. The number of ether oxygens (including phenoxy) is 1. The fraction of sp³-hybridized carbons (Fsp3) is 0.182. The first kappa shape index (κ1) is 18.1. The van der Waals surface area contributed by atoms with E-state index in [1.165, 1.54) is 6.07 Å². The lowest BCUT2D eigenvalue weighted by Gasteiger charge is -2.13. The molecule has 0 unspecified atom stereocenters. The summed E-state index contributed by atoms with van der Waals surface area (Å²) in [7, 11) is 0. The topological polar surface area (TPSA) is 41.5 Å². The molecular formula is C22H22FNO2. The number of benzene rings is 3. The molecule has 0 bridgehead atoms. The van der Waals surface area contributed by atoms with E-state index in [1.807, 2.05) is 54.6 Å². The maximum absolute atomic E-state index is 13.6. The van der Waals surface area contributed by atoms with Gasteiger partial charge in [0.2, 0.25) is 0 Å². The van der Waals surface area contributed by atoms with Gasteiger partial charge in [-0.1, -0.05) is 60.7 Å². The molecule has 134 valence electrons. The van der Waals surface area contributed by atoms with E-state index in [0.29, 0.717) is 24.4 Å². The van der Waals surface area contributed by atoms with Gasteiger partial charge in [-0.2, -0.15) is 0 Å². The molecule has 0 aliphatic heterocycles. The maximum atomic E-state index is 13.6. The van der Waals surface area contributed by atoms with Crippen LogP contribution >= 0.6 is 0 Å². The Bertz CT molecular complexity index is 823. The number of aliphatic hydroxyl groups excluding tert-OH is 1. The van der Waals surface area contributed by atoms with E-state index in [0.717, 1.165) is 11.1 Å². The Hall–Kier alpha value is -2.69. The zero-order valence-electron chi connectivity index (χ0n) is 14.4. The summed E-state index contributed by atoms with van der Waals surface area (Å²) >= 11 is 0. The molecule has 0 saturated carbocycles. The molecule has 0 heterocycles.